The zero-order valence-corrected chi connectivity index (χ0v) is 15.7. The van der Waals surface area contributed by atoms with Gasteiger partial charge in [-0.3, -0.25) is 4.79 Å². The number of nitrogens with zero attached hydrogens (tertiary/aromatic N) is 2. The molecule has 1 unspecified atom stereocenters. The first-order valence-electron chi connectivity index (χ1n) is 9.46. The second kappa shape index (κ2) is 7.34. The van der Waals surface area contributed by atoms with Gasteiger partial charge in [0.2, 0.25) is 0 Å². The standard InChI is InChI=1S/C20H26N2O2S/c1-2-24-15-8-7-13-22(14-15)19(23)18-16-9-3-4-10-17(16)25-20(18)21-11-5-6-12-21/h5-6,11-12,15H,2-4,7-10,13-14H2,1H3. The fraction of sp³-hybridized carbons (Fsp3) is 0.550. The number of amides is 1. The smallest absolute Gasteiger partial charge is 0.257 e. The number of carbonyl (C=O) groups is 1. The zero-order valence-electron chi connectivity index (χ0n) is 14.9. The minimum atomic E-state index is 0.187. The molecule has 1 aliphatic heterocycles. The van der Waals surface area contributed by atoms with Crippen molar-refractivity contribution in [2.75, 3.05) is 19.7 Å². The average Bonchev–Trinajstić information content (AvgIpc) is 3.29. The molecule has 0 aromatic carbocycles. The molecule has 2 aromatic rings. The Labute approximate surface area is 153 Å². The van der Waals surface area contributed by atoms with E-state index in [1.807, 2.05) is 47.7 Å². The molecule has 25 heavy (non-hydrogen) atoms. The number of carbonyl (C=O) groups excluding carboxylic acids is 1. The summed E-state index contributed by atoms with van der Waals surface area (Å²) in [6, 6.07) is 4.05. The Kier molecular flexibility index (Phi) is 4.95. The van der Waals surface area contributed by atoms with Crippen molar-refractivity contribution in [3.8, 4) is 5.00 Å². The van der Waals surface area contributed by atoms with Gasteiger partial charge < -0.3 is 14.2 Å². The van der Waals surface area contributed by atoms with Crippen molar-refractivity contribution in [3.05, 3.63) is 40.5 Å². The second-order valence-corrected chi connectivity index (χ2v) is 8.04. The highest BCUT2D eigenvalue weighted by atomic mass is 32.1. The molecule has 2 aromatic heterocycles. The van der Waals surface area contributed by atoms with Crippen molar-refractivity contribution >= 4 is 17.2 Å². The number of rotatable bonds is 4. The monoisotopic (exact) mass is 358 g/mol. The molecule has 0 N–H and O–H groups in total. The van der Waals surface area contributed by atoms with Gasteiger partial charge in [-0.05, 0) is 63.1 Å². The third-order valence-corrected chi connectivity index (χ3v) is 6.58. The molecule has 1 aliphatic carbocycles. The number of thiophene rings is 1. The largest absolute Gasteiger partial charge is 0.377 e. The van der Waals surface area contributed by atoms with E-state index in [1.165, 1.54) is 23.3 Å². The highest BCUT2D eigenvalue weighted by molar-refractivity contribution is 7.15. The Morgan fingerprint density at radius 1 is 1.24 bits per heavy atom. The van der Waals surface area contributed by atoms with Crippen LogP contribution in [0.15, 0.2) is 24.5 Å². The molecule has 3 heterocycles. The van der Waals surface area contributed by atoms with Crippen molar-refractivity contribution in [1.29, 1.82) is 0 Å². The summed E-state index contributed by atoms with van der Waals surface area (Å²) in [4.78, 5) is 16.9. The Morgan fingerprint density at radius 2 is 2.04 bits per heavy atom. The molecule has 1 amide bonds. The molecule has 134 valence electrons. The lowest BCUT2D eigenvalue weighted by molar-refractivity contribution is 0.00722. The lowest BCUT2D eigenvalue weighted by Gasteiger charge is -2.33. The van der Waals surface area contributed by atoms with Gasteiger partial charge >= 0.3 is 0 Å². The Bertz CT molecular complexity index is 733. The fourth-order valence-electron chi connectivity index (χ4n) is 4.08. The summed E-state index contributed by atoms with van der Waals surface area (Å²) in [7, 11) is 0. The van der Waals surface area contributed by atoms with Crippen LogP contribution in [0.3, 0.4) is 0 Å². The Hall–Kier alpha value is -1.59. The van der Waals surface area contributed by atoms with E-state index in [9.17, 15) is 4.79 Å². The molecule has 1 fully saturated rings. The predicted octanol–water partition coefficient (Wildman–Crippen LogP) is 4.06. The number of fused-ring (bicyclic) bond motifs is 1. The van der Waals surface area contributed by atoms with Crippen LogP contribution in [0.4, 0.5) is 0 Å². The molecule has 4 nitrogen and oxygen atoms in total. The van der Waals surface area contributed by atoms with Crippen LogP contribution in [0.25, 0.3) is 5.00 Å². The molecular formula is C20H26N2O2S. The number of hydrogen-bond acceptors (Lipinski definition) is 3. The van der Waals surface area contributed by atoms with E-state index in [-0.39, 0.29) is 12.0 Å². The van der Waals surface area contributed by atoms with Crippen molar-refractivity contribution in [3.63, 3.8) is 0 Å². The normalized spacial score (nSPS) is 20.5. The summed E-state index contributed by atoms with van der Waals surface area (Å²) in [5.74, 6) is 0.201. The molecule has 1 saturated heterocycles. The first-order chi connectivity index (χ1) is 12.3. The van der Waals surface area contributed by atoms with Crippen LogP contribution in [0.5, 0.6) is 0 Å². The minimum absolute atomic E-state index is 0.187. The first kappa shape index (κ1) is 16.9. The molecule has 0 saturated carbocycles. The van der Waals surface area contributed by atoms with Crippen molar-refractivity contribution < 1.29 is 9.53 Å². The Morgan fingerprint density at radius 3 is 2.84 bits per heavy atom. The van der Waals surface area contributed by atoms with Gasteiger partial charge in [0.15, 0.2) is 0 Å². The van der Waals surface area contributed by atoms with Gasteiger partial charge in [0.25, 0.3) is 5.91 Å². The van der Waals surface area contributed by atoms with Gasteiger partial charge in [-0.25, -0.2) is 0 Å². The number of aryl methyl sites for hydroxylation is 1. The maximum absolute atomic E-state index is 13.5. The van der Waals surface area contributed by atoms with E-state index in [0.29, 0.717) is 0 Å². The number of piperidine rings is 1. The average molecular weight is 359 g/mol. The van der Waals surface area contributed by atoms with Gasteiger partial charge in [0.05, 0.1) is 11.7 Å². The predicted molar refractivity (Wildman–Crippen MR) is 101 cm³/mol. The summed E-state index contributed by atoms with van der Waals surface area (Å²) >= 11 is 1.81. The van der Waals surface area contributed by atoms with Crippen LogP contribution in [0, 0.1) is 0 Å². The van der Waals surface area contributed by atoms with Crippen LogP contribution < -0.4 is 0 Å². The summed E-state index contributed by atoms with van der Waals surface area (Å²) in [6.07, 6.45) is 11.0. The summed E-state index contributed by atoms with van der Waals surface area (Å²) < 4.78 is 7.91. The maximum Gasteiger partial charge on any atom is 0.257 e. The van der Waals surface area contributed by atoms with Crippen molar-refractivity contribution in [2.24, 2.45) is 0 Å². The zero-order chi connectivity index (χ0) is 17.2. The Balaban J connectivity index is 1.68. The highest BCUT2D eigenvalue weighted by Gasteiger charge is 2.31. The fourth-order valence-corrected chi connectivity index (χ4v) is 5.42. The first-order valence-corrected chi connectivity index (χ1v) is 10.3. The quantitative estimate of drug-likeness (QED) is 0.826. The lowest BCUT2D eigenvalue weighted by atomic mass is 9.94. The maximum atomic E-state index is 13.5. The van der Waals surface area contributed by atoms with Gasteiger partial charge in [0.1, 0.15) is 5.00 Å². The van der Waals surface area contributed by atoms with Crippen LogP contribution in [-0.4, -0.2) is 41.2 Å². The molecule has 0 radical (unpaired) electrons. The molecule has 5 heteroatoms. The summed E-state index contributed by atoms with van der Waals surface area (Å²) in [5, 5.41) is 1.10. The topological polar surface area (TPSA) is 34.5 Å². The van der Waals surface area contributed by atoms with Crippen LogP contribution in [0.2, 0.25) is 0 Å². The number of likely N-dealkylation sites (tertiary alicyclic amines) is 1. The van der Waals surface area contributed by atoms with E-state index in [4.69, 9.17) is 4.74 Å². The molecular weight excluding hydrogens is 332 g/mol. The van der Waals surface area contributed by atoms with Gasteiger partial charge in [0, 0.05) is 37.0 Å². The van der Waals surface area contributed by atoms with Crippen LogP contribution in [-0.2, 0) is 17.6 Å². The molecule has 0 spiro atoms. The third-order valence-electron chi connectivity index (χ3n) is 5.27. The summed E-state index contributed by atoms with van der Waals surface area (Å²) in [6.45, 7) is 4.32. The summed E-state index contributed by atoms with van der Waals surface area (Å²) in [5.41, 5.74) is 2.26. The van der Waals surface area contributed by atoms with E-state index in [1.54, 1.807) is 0 Å². The van der Waals surface area contributed by atoms with E-state index >= 15 is 0 Å². The molecule has 0 bridgehead atoms. The van der Waals surface area contributed by atoms with E-state index in [0.717, 1.165) is 55.9 Å². The second-order valence-electron chi connectivity index (χ2n) is 6.95. The van der Waals surface area contributed by atoms with Crippen LogP contribution in [0.1, 0.15) is 53.4 Å². The highest BCUT2D eigenvalue weighted by Crippen LogP contribution is 2.38. The number of hydrogen-bond donors (Lipinski definition) is 0. The van der Waals surface area contributed by atoms with Gasteiger partial charge in [-0.2, -0.15) is 0 Å². The van der Waals surface area contributed by atoms with Crippen LogP contribution >= 0.6 is 11.3 Å². The molecule has 2 aliphatic rings. The van der Waals surface area contributed by atoms with Gasteiger partial charge in [-0.1, -0.05) is 0 Å². The minimum Gasteiger partial charge on any atom is -0.377 e. The lowest BCUT2D eigenvalue weighted by Crippen LogP contribution is -2.43. The SMILES string of the molecule is CCOC1CCCN(C(=O)c2c(-n3cccc3)sc3c2CCCC3)C1. The number of aromatic nitrogens is 1. The van der Waals surface area contributed by atoms with E-state index in [2.05, 4.69) is 4.57 Å². The molecule has 1 atom stereocenters. The van der Waals surface area contributed by atoms with Gasteiger partial charge in [-0.15, -0.1) is 11.3 Å². The molecule has 4 rings (SSSR count). The van der Waals surface area contributed by atoms with Crippen molar-refractivity contribution in [2.45, 2.75) is 51.6 Å². The van der Waals surface area contributed by atoms with E-state index < -0.39 is 0 Å². The van der Waals surface area contributed by atoms with Crippen molar-refractivity contribution in [1.82, 2.24) is 9.47 Å². The number of ether oxygens (including phenoxy) is 1. The third kappa shape index (κ3) is 3.27.